The summed E-state index contributed by atoms with van der Waals surface area (Å²) in [4.78, 5) is 11.4. The minimum atomic E-state index is -3.61. The second-order valence-corrected chi connectivity index (χ2v) is 6.16. The Morgan fingerprint density at radius 2 is 2.05 bits per heavy atom. The molecule has 1 aromatic carbocycles. The van der Waals surface area contributed by atoms with Crippen molar-refractivity contribution in [2.24, 2.45) is 0 Å². The number of sulfonamides is 1. The summed E-state index contributed by atoms with van der Waals surface area (Å²) in [6, 6.07) is 5.97. The summed E-state index contributed by atoms with van der Waals surface area (Å²) in [5, 5.41) is 3.02. The molecule has 0 fully saturated rings. The van der Waals surface area contributed by atoms with Crippen LogP contribution in [0.4, 0.5) is 0 Å². The van der Waals surface area contributed by atoms with Gasteiger partial charge in [0.15, 0.2) is 0 Å². The van der Waals surface area contributed by atoms with Gasteiger partial charge in [-0.1, -0.05) is 24.6 Å². The lowest BCUT2D eigenvalue weighted by atomic mass is 10.4. The van der Waals surface area contributed by atoms with E-state index in [4.69, 9.17) is 11.6 Å². The van der Waals surface area contributed by atoms with Crippen molar-refractivity contribution in [3.05, 3.63) is 29.3 Å². The van der Waals surface area contributed by atoms with E-state index in [1.165, 1.54) is 12.1 Å². The predicted molar refractivity (Wildman–Crippen MR) is 74.6 cm³/mol. The van der Waals surface area contributed by atoms with Gasteiger partial charge in [0.1, 0.15) is 0 Å². The molecule has 0 aliphatic heterocycles. The monoisotopic (exact) mass is 304 g/mol. The molecule has 0 radical (unpaired) electrons. The highest BCUT2D eigenvalue weighted by Crippen LogP contribution is 2.14. The van der Waals surface area contributed by atoms with E-state index >= 15 is 0 Å². The molecule has 0 bridgehead atoms. The molecule has 0 unspecified atom stereocenters. The van der Waals surface area contributed by atoms with Crippen molar-refractivity contribution < 1.29 is 13.2 Å². The van der Waals surface area contributed by atoms with E-state index in [-0.39, 0.29) is 23.8 Å². The maximum absolute atomic E-state index is 11.9. The van der Waals surface area contributed by atoms with Crippen molar-refractivity contribution in [1.29, 1.82) is 0 Å². The highest BCUT2D eigenvalue weighted by molar-refractivity contribution is 7.89. The van der Waals surface area contributed by atoms with E-state index < -0.39 is 10.0 Å². The fraction of sp³-hybridized carbons (Fsp3) is 0.417. The summed E-state index contributed by atoms with van der Waals surface area (Å²) < 4.78 is 26.1. The topological polar surface area (TPSA) is 75.3 Å². The highest BCUT2D eigenvalue weighted by Gasteiger charge is 2.14. The molecule has 7 heteroatoms. The normalized spacial score (nSPS) is 11.3. The highest BCUT2D eigenvalue weighted by atomic mass is 35.5. The Balaban J connectivity index is 2.50. The first-order valence-corrected chi connectivity index (χ1v) is 7.83. The van der Waals surface area contributed by atoms with Gasteiger partial charge >= 0.3 is 0 Å². The number of hydrogen-bond donors (Lipinski definition) is 2. The molecule has 0 heterocycles. The molecule has 0 aliphatic carbocycles. The molecule has 0 saturated heterocycles. The first-order valence-electron chi connectivity index (χ1n) is 5.97. The first kappa shape index (κ1) is 15.9. The van der Waals surface area contributed by atoms with Crippen molar-refractivity contribution in [1.82, 2.24) is 10.0 Å². The molecule has 19 heavy (non-hydrogen) atoms. The van der Waals surface area contributed by atoms with Gasteiger partial charge in [-0.25, -0.2) is 13.1 Å². The molecule has 0 aliphatic rings. The van der Waals surface area contributed by atoms with E-state index in [2.05, 4.69) is 10.0 Å². The SMILES string of the molecule is CCCNC(=O)CCNS(=O)(=O)c1cccc(Cl)c1. The van der Waals surface area contributed by atoms with Crippen LogP contribution in [-0.4, -0.2) is 27.4 Å². The van der Waals surface area contributed by atoms with Crippen molar-refractivity contribution in [3.63, 3.8) is 0 Å². The van der Waals surface area contributed by atoms with Crippen LogP contribution in [0.1, 0.15) is 19.8 Å². The van der Waals surface area contributed by atoms with E-state index in [1.54, 1.807) is 12.1 Å². The second kappa shape index (κ2) is 7.47. The van der Waals surface area contributed by atoms with Gasteiger partial charge in [0, 0.05) is 24.5 Å². The number of carbonyl (C=O) groups is 1. The molecule has 0 atom stereocenters. The molecular weight excluding hydrogens is 288 g/mol. The molecule has 1 rings (SSSR count). The number of carbonyl (C=O) groups excluding carboxylic acids is 1. The molecule has 2 N–H and O–H groups in total. The van der Waals surface area contributed by atoms with Gasteiger partial charge in [0.2, 0.25) is 15.9 Å². The third-order valence-corrected chi connectivity index (χ3v) is 4.02. The number of nitrogens with one attached hydrogen (secondary N) is 2. The largest absolute Gasteiger partial charge is 0.356 e. The molecule has 1 amide bonds. The number of amides is 1. The summed E-state index contributed by atoms with van der Waals surface area (Å²) in [5.74, 6) is -0.171. The van der Waals surface area contributed by atoms with Gasteiger partial charge in [-0.3, -0.25) is 4.79 Å². The van der Waals surface area contributed by atoms with Crippen LogP contribution >= 0.6 is 11.6 Å². The van der Waals surface area contributed by atoms with Gasteiger partial charge in [0.25, 0.3) is 0 Å². The summed E-state index contributed by atoms with van der Waals surface area (Å²) in [6.45, 7) is 2.60. The van der Waals surface area contributed by atoms with E-state index in [9.17, 15) is 13.2 Å². The molecule has 106 valence electrons. The summed E-state index contributed by atoms with van der Waals surface area (Å²) in [5.41, 5.74) is 0. The summed E-state index contributed by atoms with van der Waals surface area (Å²) >= 11 is 5.74. The molecule has 1 aromatic rings. The van der Waals surface area contributed by atoms with Crippen LogP contribution in [0, 0.1) is 0 Å². The number of benzene rings is 1. The average Bonchev–Trinajstić information content (AvgIpc) is 2.36. The maximum atomic E-state index is 11.9. The van der Waals surface area contributed by atoms with Gasteiger partial charge in [-0.2, -0.15) is 0 Å². The number of hydrogen-bond acceptors (Lipinski definition) is 3. The third-order valence-electron chi connectivity index (χ3n) is 2.32. The van der Waals surface area contributed by atoms with Crippen LogP contribution in [0.3, 0.4) is 0 Å². The fourth-order valence-electron chi connectivity index (χ4n) is 1.37. The first-order chi connectivity index (χ1) is 8.95. The lowest BCUT2D eigenvalue weighted by molar-refractivity contribution is -0.120. The standard InChI is InChI=1S/C12H17ClN2O3S/c1-2-7-14-12(16)6-8-15-19(17,18)11-5-3-4-10(13)9-11/h3-5,9,15H,2,6-8H2,1H3,(H,14,16). The average molecular weight is 305 g/mol. The van der Waals surface area contributed by atoms with Crippen LogP contribution in [0.25, 0.3) is 0 Å². The quantitative estimate of drug-likeness (QED) is 0.802. The van der Waals surface area contributed by atoms with Crippen LogP contribution in [0.2, 0.25) is 5.02 Å². The zero-order valence-electron chi connectivity index (χ0n) is 10.6. The third kappa shape index (κ3) is 5.59. The Kier molecular flexibility index (Phi) is 6.27. The van der Waals surface area contributed by atoms with E-state index in [0.29, 0.717) is 11.6 Å². The minimum Gasteiger partial charge on any atom is -0.356 e. The van der Waals surface area contributed by atoms with Crippen LogP contribution in [-0.2, 0) is 14.8 Å². The molecule has 5 nitrogen and oxygen atoms in total. The Labute approximate surface area is 118 Å². The fourth-order valence-corrected chi connectivity index (χ4v) is 2.70. The lowest BCUT2D eigenvalue weighted by Gasteiger charge is -2.07. The minimum absolute atomic E-state index is 0.0599. The van der Waals surface area contributed by atoms with Crippen LogP contribution in [0.5, 0.6) is 0 Å². The molecular formula is C12H17ClN2O3S. The van der Waals surface area contributed by atoms with Crippen molar-refractivity contribution in [2.75, 3.05) is 13.1 Å². The zero-order chi connectivity index (χ0) is 14.3. The molecule has 0 aromatic heterocycles. The van der Waals surface area contributed by atoms with Gasteiger partial charge in [0.05, 0.1) is 4.90 Å². The number of rotatable bonds is 7. The van der Waals surface area contributed by atoms with Gasteiger partial charge in [-0.05, 0) is 24.6 Å². The van der Waals surface area contributed by atoms with Crippen molar-refractivity contribution >= 4 is 27.5 Å². The molecule has 0 spiro atoms. The van der Waals surface area contributed by atoms with E-state index in [1.807, 2.05) is 6.92 Å². The Morgan fingerprint density at radius 3 is 2.68 bits per heavy atom. The maximum Gasteiger partial charge on any atom is 0.240 e. The summed E-state index contributed by atoms with van der Waals surface area (Å²) in [7, 11) is -3.61. The zero-order valence-corrected chi connectivity index (χ0v) is 12.2. The molecule has 0 saturated carbocycles. The van der Waals surface area contributed by atoms with Crippen molar-refractivity contribution in [2.45, 2.75) is 24.7 Å². The Hall–Kier alpha value is -1.11. The van der Waals surface area contributed by atoms with Crippen LogP contribution < -0.4 is 10.0 Å². The van der Waals surface area contributed by atoms with Crippen molar-refractivity contribution in [3.8, 4) is 0 Å². The number of halogens is 1. The lowest BCUT2D eigenvalue weighted by Crippen LogP contribution is -2.31. The van der Waals surface area contributed by atoms with Gasteiger partial charge < -0.3 is 5.32 Å². The summed E-state index contributed by atoms with van der Waals surface area (Å²) in [6.07, 6.45) is 0.958. The smallest absolute Gasteiger partial charge is 0.240 e. The second-order valence-electron chi connectivity index (χ2n) is 3.96. The Morgan fingerprint density at radius 1 is 1.32 bits per heavy atom. The van der Waals surface area contributed by atoms with Crippen LogP contribution in [0.15, 0.2) is 29.2 Å². The van der Waals surface area contributed by atoms with E-state index in [0.717, 1.165) is 6.42 Å². The predicted octanol–water partition coefficient (Wildman–Crippen LogP) is 1.53. The Bertz CT molecular complexity index is 532. The van der Waals surface area contributed by atoms with Gasteiger partial charge in [-0.15, -0.1) is 0 Å².